The van der Waals surface area contributed by atoms with Crippen LogP contribution in [-0.2, 0) is 19.1 Å². The molecule has 2 fully saturated rings. The number of aliphatic hydroxyl groups excluding tert-OH is 1. The zero-order chi connectivity index (χ0) is 26.3. The predicted octanol–water partition coefficient (Wildman–Crippen LogP) is 2.37. The van der Waals surface area contributed by atoms with E-state index in [2.05, 4.69) is 0 Å². The van der Waals surface area contributed by atoms with Gasteiger partial charge < -0.3 is 24.5 Å². The lowest BCUT2D eigenvalue weighted by atomic mass is 9.77. The van der Waals surface area contributed by atoms with E-state index in [0.29, 0.717) is 32.5 Å². The van der Waals surface area contributed by atoms with Gasteiger partial charge >= 0.3 is 0 Å². The standard InChI is InChI=1S/C29H37N3O5/c1-19-11-8-12-20(2)24(19)31-17-10-14-29-23(22-21(37-29)13-9-15-30(3)26(22)34)27(35)32(25(29)28(31)36)16-6-4-5-7-18-33/h8-14,21-23,25,33H,4-7,15-18H2,1-3H3/t21-,22+,23-,25?,29-/m0/s1. The number of unbranched alkanes of at least 4 members (excludes halogenated alkanes) is 3. The number of anilines is 1. The second-order valence-corrected chi connectivity index (χ2v) is 10.8. The molecule has 2 saturated heterocycles. The van der Waals surface area contributed by atoms with Gasteiger partial charge in [-0.3, -0.25) is 14.4 Å². The quantitative estimate of drug-likeness (QED) is 0.452. The van der Waals surface area contributed by atoms with Gasteiger partial charge in [0.1, 0.15) is 11.6 Å². The first-order valence-electron chi connectivity index (χ1n) is 13.4. The molecule has 3 amide bonds. The van der Waals surface area contributed by atoms with Crippen molar-refractivity contribution in [1.82, 2.24) is 9.80 Å². The molecule has 0 bridgehead atoms. The largest absolute Gasteiger partial charge is 0.396 e. The first-order chi connectivity index (χ1) is 17.8. The van der Waals surface area contributed by atoms with Gasteiger partial charge in [0, 0.05) is 39.0 Å². The fourth-order valence-corrected chi connectivity index (χ4v) is 6.68. The fraction of sp³-hybridized carbons (Fsp3) is 0.552. The van der Waals surface area contributed by atoms with E-state index in [9.17, 15) is 14.4 Å². The van der Waals surface area contributed by atoms with Gasteiger partial charge in [-0.05, 0) is 37.8 Å². The van der Waals surface area contributed by atoms with Crippen LogP contribution in [0, 0.1) is 25.7 Å². The summed E-state index contributed by atoms with van der Waals surface area (Å²) >= 11 is 0. The molecule has 5 atom stereocenters. The highest BCUT2D eigenvalue weighted by molar-refractivity contribution is 6.06. The molecule has 1 spiro atoms. The van der Waals surface area contributed by atoms with E-state index in [4.69, 9.17) is 9.84 Å². The van der Waals surface area contributed by atoms with Crippen molar-refractivity contribution >= 4 is 23.4 Å². The minimum Gasteiger partial charge on any atom is -0.396 e. The van der Waals surface area contributed by atoms with Gasteiger partial charge in [-0.25, -0.2) is 0 Å². The number of fused-ring (bicyclic) bond motifs is 2. The van der Waals surface area contributed by atoms with Crippen LogP contribution in [0.3, 0.4) is 0 Å². The molecule has 4 aliphatic heterocycles. The van der Waals surface area contributed by atoms with Crippen LogP contribution in [0.1, 0.15) is 36.8 Å². The van der Waals surface area contributed by atoms with Gasteiger partial charge in [-0.15, -0.1) is 0 Å². The molecule has 0 radical (unpaired) electrons. The molecule has 0 aliphatic carbocycles. The van der Waals surface area contributed by atoms with Crippen LogP contribution in [0.15, 0.2) is 42.5 Å². The Hall–Kier alpha value is -2.97. The third-order valence-electron chi connectivity index (χ3n) is 8.38. The van der Waals surface area contributed by atoms with Crippen LogP contribution >= 0.6 is 0 Å². The van der Waals surface area contributed by atoms with Crippen molar-refractivity contribution in [2.75, 3.05) is 38.2 Å². The van der Waals surface area contributed by atoms with Crippen LogP contribution in [0.2, 0.25) is 0 Å². The second kappa shape index (κ2) is 10.1. The Labute approximate surface area is 218 Å². The Morgan fingerprint density at radius 1 is 0.973 bits per heavy atom. The molecule has 8 nitrogen and oxygen atoms in total. The van der Waals surface area contributed by atoms with Crippen molar-refractivity contribution in [1.29, 1.82) is 0 Å². The Balaban J connectivity index is 1.57. The maximum Gasteiger partial charge on any atom is 0.253 e. The lowest BCUT2D eigenvalue weighted by molar-refractivity contribution is -0.143. The number of aryl methyl sites for hydroxylation is 2. The topological polar surface area (TPSA) is 90.4 Å². The predicted molar refractivity (Wildman–Crippen MR) is 140 cm³/mol. The normalized spacial score (nSPS) is 30.9. The molecular formula is C29H37N3O5. The Morgan fingerprint density at radius 2 is 1.70 bits per heavy atom. The van der Waals surface area contributed by atoms with E-state index in [1.165, 1.54) is 0 Å². The van der Waals surface area contributed by atoms with Gasteiger partial charge in [-0.1, -0.05) is 55.3 Å². The summed E-state index contributed by atoms with van der Waals surface area (Å²) in [4.78, 5) is 47.1. The average molecular weight is 508 g/mol. The summed E-state index contributed by atoms with van der Waals surface area (Å²) in [6, 6.07) is 5.11. The number of ether oxygens (including phenoxy) is 1. The van der Waals surface area contributed by atoms with E-state index in [-0.39, 0.29) is 24.3 Å². The number of likely N-dealkylation sites (tertiary alicyclic amines) is 1. The van der Waals surface area contributed by atoms with Crippen molar-refractivity contribution in [3.8, 4) is 0 Å². The molecule has 4 heterocycles. The number of rotatable bonds is 7. The highest BCUT2D eigenvalue weighted by Gasteiger charge is 2.71. The second-order valence-electron chi connectivity index (χ2n) is 10.8. The Morgan fingerprint density at radius 3 is 2.43 bits per heavy atom. The van der Waals surface area contributed by atoms with Crippen LogP contribution in [0.5, 0.6) is 0 Å². The molecule has 0 aromatic heterocycles. The molecule has 1 aromatic rings. The van der Waals surface area contributed by atoms with Crippen LogP contribution < -0.4 is 4.90 Å². The highest BCUT2D eigenvalue weighted by Crippen LogP contribution is 2.53. The molecule has 198 valence electrons. The number of carbonyl (C=O) groups excluding carboxylic acids is 3. The molecule has 1 unspecified atom stereocenters. The smallest absolute Gasteiger partial charge is 0.253 e. The number of hydrogen-bond acceptors (Lipinski definition) is 5. The zero-order valence-corrected chi connectivity index (χ0v) is 21.9. The number of benzene rings is 1. The number of amides is 3. The summed E-state index contributed by atoms with van der Waals surface area (Å²) in [5, 5.41) is 9.13. The molecule has 1 N–H and O–H groups in total. The van der Waals surface area contributed by atoms with Gasteiger partial charge in [-0.2, -0.15) is 0 Å². The molecule has 37 heavy (non-hydrogen) atoms. The number of carbonyl (C=O) groups is 3. The summed E-state index contributed by atoms with van der Waals surface area (Å²) in [6.45, 7) is 5.38. The van der Waals surface area contributed by atoms with Crippen molar-refractivity contribution in [3.05, 3.63) is 53.6 Å². The Kier molecular flexibility index (Phi) is 6.98. The van der Waals surface area contributed by atoms with Gasteiger partial charge in [0.25, 0.3) is 5.91 Å². The summed E-state index contributed by atoms with van der Waals surface area (Å²) in [7, 11) is 1.74. The van der Waals surface area contributed by atoms with E-state index in [0.717, 1.165) is 29.7 Å². The van der Waals surface area contributed by atoms with E-state index in [1.54, 1.807) is 21.7 Å². The fourth-order valence-electron chi connectivity index (χ4n) is 6.68. The summed E-state index contributed by atoms with van der Waals surface area (Å²) in [6.07, 6.45) is 10.2. The first-order valence-corrected chi connectivity index (χ1v) is 13.4. The zero-order valence-electron chi connectivity index (χ0n) is 21.9. The number of nitrogens with zero attached hydrogens (tertiary/aromatic N) is 3. The van der Waals surface area contributed by atoms with Crippen molar-refractivity contribution in [2.45, 2.75) is 57.3 Å². The maximum absolute atomic E-state index is 14.4. The molecule has 4 aliphatic rings. The van der Waals surface area contributed by atoms with Crippen molar-refractivity contribution in [2.24, 2.45) is 11.8 Å². The number of aliphatic hydroxyl groups is 1. The SMILES string of the molecule is Cc1cccc(C)c1N1CC=C[C@]23O[C@H]4C=CCN(C)C(=O)[C@H]4[C@H]2C(=O)N(CCCCCCO)C3C1=O. The van der Waals surface area contributed by atoms with Gasteiger partial charge in [0.05, 0.1) is 17.9 Å². The molecular weight excluding hydrogens is 470 g/mol. The third kappa shape index (κ3) is 4.10. The monoisotopic (exact) mass is 507 g/mol. The van der Waals surface area contributed by atoms with E-state index in [1.807, 2.05) is 56.4 Å². The lowest BCUT2D eigenvalue weighted by Crippen LogP contribution is -2.55. The van der Waals surface area contributed by atoms with Crippen LogP contribution in [0.25, 0.3) is 0 Å². The van der Waals surface area contributed by atoms with Gasteiger partial charge in [0.15, 0.2) is 0 Å². The van der Waals surface area contributed by atoms with Gasteiger partial charge in [0.2, 0.25) is 11.8 Å². The number of likely N-dealkylation sites (N-methyl/N-ethyl adjacent to an activating group) is 1. The van der Waals surface area contributed by atoms with E-state index >= 15 is 0 Å². The highest BCUT2D eigenvalue weighted by atomic mass is 16.5. The maximum atomic E-state index is 14.4. The average Bonchev–Trinajstić information content (AvgIpc) is 3.19. The Bertz CT molecular complexity index is 1130. The lowest BCUT2D eigenvalue weighted by Gasteiger charge is -2.36. The summed E-state index contributed by atoms with van der Waals surface area (Å²) in [5.74, 6) is -1.89. The first kappa shape index (κ1) is 25.7. The molecule has 1 aromatic carbocycles. The van der Waals surface area contributed by atoms with Crippen LogP contribution in [0.4, 0.5) is 5.69 Å². The van der Waals surface area contributed by atoms with Crippen LogP contribution in [-0.4, -0.2) is 83.7 Å². The molecule has 0 saturated carbocycles. The minimum absolute atomic E-state index is 0.120. The number of para-hydroxylation sites is 1. The van der Waals surface area contributed by atoms with Crippen molar-refractivity contribution in [3.63, 3.8) is 0 Å². The minimum atomic E-state index is -1.20. The molecule has 8 heteroatoms. The molecule has 5 rings (SSSR count). The summed E-state index contributed by atoms with van der Waals surface area (Å²) < 4.78 is 6.66. The van der Waals surface area contributed by atoms with Crippen molar-refractivity contribution < 1.29 is 24.2 Å². The third-order valence-corrected chi connectivity index (χ3v) is 8.38. The van der Waals surface area contributed by atoms with E-state index < -0.39 is 29.6 Å². The summed E-state index contributed by atoms with van der Waals surface area (Å²) in [5.41, 5.74) is 1.65. The number of hydrogen-bond donors (Lipinski definition) is 1.